The molecular weight excluding hydrogens is 288 g/mol. The predicted molar refractivity (Wildman–Crippen MR) is 72.3 cm³/mol. The Morgan fingerprint density at radius 1 is 1.38 bits per heavy atom. The summed E-state index contributed by atoms with van der Waals surface area (Å²) in [6, 6.07) is 8.09. The van der Waals surface area contributed by atoms with Crippen LogP contribution in [-0.4, -0.2) is 21.7 Å². The molecule has 0 bridgehead atoms. The van der Waals surface area contributed by atoms with E-state index < -0.39 is 10.3 Å². The molecule has 1 atom stereocenters. The summed E-state index contributed by atoms with van der Waals surface area (Å²) in [6.45, 7) is 1.67. The molecule has 4 heteroatoms. The van der Waals surface area contributed by atoms with Gasteiger partial charge in [0, 0.05) is 5.75 Å². The predicted octanol–water partition coefficient (Wildman–Crippen LogP) is 3.33. The highest BCUT2D eigenvalue weighted by Crippen LogP contribution is 2.23. The quantitative estimate of drug-likeness (QED) is 0.848. The van der Waals surface area contributed by atoms with Gasteiger partial charge in [-0.05, 0) is 30.7 Å². The largest absolute Gasteiger partial charge is 0.480 e. The van der Waals surface area contributed by atoms with Crippen LogP contribution in [0.15, 0.2) is 24.3 Å². The van der Waals surface area contributed by atoms with E-state index in [0.717, 1.165) is 11.3 Å². The van der Waals surface area contributed by atoms with Crippen molar-refractivity contribution < 1.29 is 9.90 Å². The van der Waals surface area contributed by atoms with Crippen LogP contribution in [0.2, 0.25) is 0 Å². The molecule has 0 aliphatic carbocycles. The molecule has 0 aliphatic heterocycles. The fourth-order valence-corrected chi connectivity index (χ4v) is 2.23. The van der Waals surface area contributed by atoms with Crippen LogP contribution in [0.4, 0.5) is 0 Å². The van der Waals surface area contributed by atoms with Crippen molar-refractivity contribution in [2.24, 2.45) is 0 Å². The first-order valence-electron chi connectivity index (χ1n) is 4.95. The lowest BCUT2D eigenvalue weighted by molar-refractivity contribution is -0.139. The molecule has 0 aromatic heterocycles. The monoisotopic (exact) mass is 302 g/mol. The highest BCUT2D eigenvalue weighted by atomic mass is 79.9. The summed E-state index contributed by atoms with van der Waals surface area (Å²) < 4.78 is -0.881. The lowest BCUT2D eigenvalue weighted by Crippen LogP contribution is -2.30. The molecule has 1 aromatic rings. The van der Waals surface area contributed by atoms with Crippen LogP contribution in [0, 0.1) is 0 Å². The minimum Gasteiger partial charge on any atom is -0.480 e. The van der Waals surface area contributed by atoms with Gasteiger partial charge in [-0.2, -0.15) is 11.8 Å². The minimum absolute atomic E-state index is 0.488. The van der Waals surface area contributed by atoms with Crippen molar-refractivity contribution in [2.75, 3.05) is 6.26 Å². The molecule has 1 rings (SSSR count). The molecule has 0 amide bonds. The fraction of sp³-hybridized carbons (Fsp3) is 0.417. The maximum atomic E-state index is 10.9. The number of rotatable bonds is 5. The molecule has 0 aliphatic rings. The number of hydrogen-bond donors (Lipinski definition) is 1. The second-order valence-corrected chi connectivity index (χ2v) is 6.55. The zero-order chi connectivity index (χ0) is 12.2. The van der Waals surface area contributed by atoms with Gasteiger partial charge in [-0.3, -0.25) is 4.79 Å². The third kappa shape index (κ3) is 3.83. The summed E-state index contributed by atoms with van der Waals surface area (Å²) in [5, 5.41) is 8.99. The zero-order valence-corrected chi connectivity index (χ0v) is 11.8. The highest BCUT2D eigenvalue weighted by molar-refractivity contribution is 9.10. The van der Waals surface area contributed by atoms with Crippen molar-refractivity contribution in [3.63, 3.8) is 0 Å². The van der Waals surface area contributed by atoms with E-state index in [1.54, 1.807) is 18.7 Å². The fourth-order valence-electron chi connectivity index (χ4n) is 1.38. The van der Waals surface area contributed by atoms with Gasteiger partial charge in [0.1, 0.15) is 4.32 Å². The topological polar surface area (TPSA) is 37.3 Å². The molecule has 0 fully saturated rings. The normalized spacial score (nSPS) is 14.4. The lowest BCUT2D eigenvalue weighted by Gasteiger charge is -2.16. The van der Waals surface area contributed by atoms with Gasteiger partial charge >= 0.3 is 5.97 Å². The summed E-state index contributed by atoms with van der Waals surface area (Å²) in [5.41, 5.74) is 2.30. The van der Waals surface area contributed by atoms with E-state index in [9.17, 15) is 4.79 Å². The second kappa shape index (κ2) is 5.73. The van der Waals surface area contributed by atoms with E-state index >= 15 is 0 Å². The van der Waals surface area contributed by atoms with E-state index in [4.69, 9.17) is 5.11 Å². The average Bonchev–Trinajstić information content (AvgIpc) is 2.21. The smallest absolute Gasteiger partial charge is 0.320 e. The average molecular weight is 303 g/mol. The first-order valence-corrected chi connectivity index (χ1v) is 7.13. The van der Waals surface area contributed by atoms with Crippen molar-refractivity contribution >= 4 is 33.7 Å². The van der Waals surface area contributed by atoms with Gasteiger partial charge in [-0.25, -0.2) is 0 Å². The summed E-state index contributed by atoms with van der Waals surface area (Å²) in [4.78, 5) is 10.9. The molecule has 0 radical (unpaired) electrons. The van der Waals surface area contributed by atoms with E-state index in [1.807, 2.05) is 12.1 Å². The van der Waals surface area contributed by atoms with Gasteiger partial charge < -0.3 is 5.11 Å². The number of thioether (sulfide) groups is 1. The van der Waals surface area contributed by atoms with Crippen LogP contribution in [0.3, 0.4) is 0 Å². The number of carbonyl (C=O) groups is 1. The second-order valence-electron chi connectivity index (χ2n) is 3.93. The molecule has 88 valence electrons. The molecule has 0 saturated carbocycles. The number of benzene rings is 1. The number of carboxylic acid groups (broad SMARTS) is 1. The Hall–Kier alpha value is -0.480. The Labute approximate surface area is 109 Å². The van der Waals surface area contributed by atoms with Gasteiger partial charge in [-0.1, -0.05) is 40.2 Å². The summed E-state index contributed by atoms with van der Waals surface area (Å²) in [7, 11) is 0. The number of carboxylic acids is 1. The van der Waals surface area contributed by atoms with E-state index in [0.29, 0.717) is 6.42 Å². The van der Waals surface area contributed by atoms with Gasteiger partial charge in [-0.15, -0.1) is 0 Å². The molecule has 1 unspecified atom stereocenters. The van der Waals surface area contributed by atoms with E-state index in [1.165, 1.54) is 5.56 Å². The number of aliphatic carboxylic acids is 1. The highest BCUT2D eigenvalue weighted by Gasteiger charge is 2.29. The molecular formula is C12H15BrO2S. The van der Waals surface area contributed by atoms with Crippen LogP contribution in [0.1, 0.15) is 18.1 Å². The summed E-state index contributed by atoms with van der Waals surface area (Å²) in [5.74, 6) is 0.158. The standard InChI is InChI=1S/C12H15BrO2S/c1-12(13,11(14)15)7-9-3-5-10(6-4-9)8-16-2/h3-6H,7-8H2,1-2H3,(H,14,15). The minimum atomic E-state index is -0.881. The maximum absolute atomic E-state index is 10.9. The number of hydrogen-bond acceptors (Lipinski definition) is 2. The first-order chi connectivity index (χ1) is 7.45. The van der Waals surface area contributed by atoms with E-state index in [-0.39, 0.29) is 0 Å². The molecule has 0 heterocycles. The Morgan fingerprint density at radius 2 is 1.88 bits per heavy atom. The van der Waals surface area contributed by atoms with Crippen molar-refractivity contribution in [3.8, 4) is 0 Å². The first kappa shape index (κ1) is 13.6. The van der Waals surface area contributed by atoms with Gasteiger partial charge in [0.05, 0.1) is 0 Å². The molecule has 0 saturated heterocycles. The molecule has 16 heavy (non-hydrogen) atoms. The van der Waals surface area contributed by atoms with Crippen molar-refractivity contribution in [3.05, 3.63) is 35.4 Å². The van der Waals surface area contributed by atoms with Crippen molar-refractivity contribution in [2.45, 2.75) is 23.4 Å². The Bertz CT molecular complexity index is 360. The summed E-state index contributed by atoms with van der Waals surface area (Å²) in [6.07, 6.45) is 2.55. The number of alkyl halides is 1. The van der Waals surface area contributed by atoms with E-state index in [2.05, 4.69) is 34.3 Å². The number of halogens is 1. The Balaban J connectivity index is 2.72. The molecule has 1 N–H and O–H groups in total. The van der Waals surface area contributed by atoms with Crippen LogP contribution < -0.4 is 0 Å². The third-order valence-corrected chi connectivity index (χ3v) is 3.56. The maximum Gasteiger partial charge on any atom is 0.320 e. The van der Waals surface area contributed by atoms with Gasteiger partial charge in [0.15, 0.2) is 0 Å². The molecule has 0 spiro atoms. The Morgan fingerprint density at radius 3 is 2.31 bits per heavy atom. The van der Waals surface area contributed by atoms with Gasteiger partial charge in [0.25, 0.3) is 0 Å². The zero-order valence-electron chi connectivity index (χ0n) is 9.37. The Kier molecular flexibility index (Phi) is 4.87. The molecule has 1 aromatic carbocycles. The SMILES string of the molecule is CSCc1ccc(CC(C)(Br)C(=O)O)cc1. The lowest BCUT2D eigenvalue weighted by atomic mass is 10.0. The van der Waals surface area contributed by atoms with Crippen molar-refractivity contribution in [1.82, 2.24) is 0 Å². The van der Waals surface area contributed by atoms with Crippen LogP contribution in [0.5, 0.6) is 0 Å². The van der Waals surface area contributed by atoms with Gasteiger partial charge in [0.2, 0.25) is 0 Å². The van der Waals surface area contributed by atoms with Crippen LogP contribution in [0.25, 0.3) is 0 Å². The van der Waals surface area contributed by atoms with Crippen LogP contribution in [-0.2, 0) is 17.0 Å². The third-order valence-electron chi connectivity index (χ3n) is 2.32. The molecule has 2 nitrogen and oxygen atoms in total. The summed E-state index contributed by atoms with van der Waals surface area (Å²) >= 11 is 5.00. The van der Waals surface area contributed by atoms with Crippen LogP contribution >= 0.6 is 27.7 Å². The van der Waals surface area contributed by atoms with Crippen molar-refractivity contribution in [1.29, 1.82) is 0 Å².